The maximum absolute atomic E-state index is 14.1. The maximum Gasteiger partial charge on any atom is 0.311 e. The second-order valence-corrected chi connectivity index (χ2v) is 16.9. The molecule has 3 aliphatic heterocycles. The fraction of sp³-hybridized carbons (Fsp3) is 0.946. The van der Waals surface area contributed by atoms with Crippen molar-refractivity contribution in [3.05, 3.63) is 5.21 Å². The summed E-state index contributed by atoms with van der Waals surface area (Å²) >= 11 is 0. The molecule has 0 aliphatic carbocycles. The number of rotatable bonds is 7. The standard InChI is InChI=1S/C37H67NO14/c1-14-25-37(10,45)30(41)20(4)27(39)18(2)16-35(8,44)32(52-34-28(40)24(38(11,12)46)15-19(3)48-34)21(5)29(22(6)33(43)50-25)51-26-17-36(9,47-13)31(42)23(7)49-26/h18-26,28-32,34,40-42,44-45H,14-17H2,1-13H3/t18-,19?,20+,21+,22-,23?,24?,25-,26?,28?,29+,30-,31?,32-,34?,35-,36?,37-/m1/s1. The van der Waals surface area contributed by atoms with Crippen molar-refractivity contribution in [1.29, 1.82) is 0 Å². The van der Waals surface area contributed by atoms with E-state index in [4.69, 9.17) is 28.4 Å². The molecule has 0 saturated carbocycles. The summed E-state index contributed by atoms with van der Waals surface area (Å²) in [7, 11) is 4.30. The third-order valence-corrected chi connectivity index (χ3v) is 12.0. The minimum Gasteiger partial charge on any atom is -0.633 e. The maximum atomic E-state index is 14.1. The Balaban J connectivity index is 2.20. The van der Waals surface area contributed by atoms with E-state index >= 15 is 0 Å². The smallest absolute Gasteiger partial charge is 0.311 e. The van der Waals surface area contributed by atoms with Crippen molar-refractivity contribution in [2.45, 2.75) is 179 Å². The third-order valence-electron chi connectivity index (χ3n) is 12.0. The fourth-order valence-corrected chi connectivity index (χ4v) is 8.52. The SMILES string of the molecule is CC[C@H]1OC(=O)[C@H](C)[C@@H](OC2CC(C)(OC)C(O)C(C)O2)[C@H](C)[C@@H](OC2OC(C)CC([N+](C)(C)[O-])C2O)[C@](C)(O)C[C@@H](C)C(=O)[C@H](C)[C@@H](O)[C@]1(C)O. The number of aliphatic hydroxyl groups excluding tert-OH is 3. The Morgan fingerprint density at radius 3 is 2.04 bits per heavy atom. The second kappa shape index (κ2) is 16.8. The number of Topliss-reactive ketones (excluding diaryl/α,β-unsaturated/α-hetero) is 1. The van der Waals surface area contributed by atoms with Gasteiger partial charge in [0.1, 0.15) is 29.6 Å². The van der Waals surface area contributed by atoms with E-state index in [2.05, 4.69) is 0 Å². The summed E-state index contributed by atoms with van der Waals surface area (Å²) in [6.45, 7) is 15.9. The van der Waals surface area contributed by atoms with Gasteiger partial charge in [0.2, 0.25) is 0 Å². The number of methoxy groups -OCH3 is 1. The van der Waals surface area contributed by atoms with E-state index in [1.165, 1.54) is 42.0 Å². The first-order valence-electron chi connectivity index (χ1n) is 18.7. The zero-order valence-corrected chi connectivity index (χ0v) is 33.3. The molecule has 0 aromatic carbocycles. The van der Waals surface area contributed by atoms with Crippen LogP contribution in [-0.4, -0.2) is 147 Å². The van der Waals surface area contributed by atoms with Crippen LogP contribution >= 0.6 is 0 Å². The summed E-state index contributed by atoms with van der Waals surface area (Å²) in [5.74, 6) is -5.27. The van der Waals surface area contributed by atoms with Crippen molar-refractivity contribution < 1.29 is 68.2 Å². The molecule has 0 aromatic rings. The zero-order chi connectivity index (χ0) is 39.9. The van der Waals surface area contributed by atoms with E-state index in [1.54, 1.807) is 48.5 Å². The van der Waals surface area contributed by atoms with Crippen molar-refractivity contribution in [2.24, 2.45) is 23.7 Å². The Hall–Kier alpha value is -1.34. The van der Waals surface area contributed by atoms with Gasteiger partial charge >= 0.3 is 5.97 Å². The summed E-state index contributed by atoms with van der Waals surface area (Å²) < 4.78 is 36.0. The average molecular weight is 750 g/mol. The summed E-state index contributed by atoms with van der Waals surface area (Å²) in [6, 6.07) is -0.828. The van der Waals surface area contributed by atoms with Crippen LogP contribution in [0, 0.1) is 28.9 Å². The zero-order valence-electron chi connectivity index (χ0n) is 33.3. The molecule has 0 radical (unpaired) electrons. The van der Waals surface area contributed by atoms with Gasteiger partial charge in [-0.25, -0.2) is 0 Å². The number of hydrogen-bond acceptors (Lipinski definition) is 14. The summed E-state index contributed by atoms with van der Waals surface area (Å²) in [4.78, 5) is 27.9. The molecule has 3 aliphatic rings. The highest BCUT2D eigenvalue weighted by Gasteiger charge is 2.54. The molecule has 5 N–H and O–H groups in total. The lowest BCUT2D eigenvalue weighted by molar-refractivity contribution is -0.874. The molecule has 0 bridgehead atoms. The molecule has 0 aromatic heterocycles. The number of hydrogen-bond donors (Lipinski definition) is 5. The second-order valence-electron chi connectivity index (χ2n) is 16.9. The average Bonchev–Trinajstić information content (AvgIpc) is 3.05. The summed E-state index contributed by atoms with van der Waals surface area (Å²) in [5.41, 5.74) is -4.98. The van der Waals surface area contributed by atoms with E-state index in [0.717, 1.165) is 0 Å². The van der Waals surface area contributed by atoms with E-state index < -0.39 is 124 Å². The first kappa shape index (κ1) is 45.1. The van der Waals surface area contributed by atoms with Gasteiger partial charge in [0.25, 0.3) is 0 Å². The Bertz CT molecular complexity index is 1210. The minimum atomic E-state index is -2.02. The van der Waals surface area contributed by atoms with Crippen LogP contribution in [0.1, 0.15) is 94.9 Å². The number of carbonyl (C=O) groups is 2. The van der Waals surface area contributed by atoms with Crippen LogP contribution < -0.4 is 0 Å². The molecule has 8 unspecified atom stereocenters. The molecule has 3 saturated heterocycles. The number of ether oxygens (including phenoxy) is 6. The lowest BCUT2D eigenvalue weighted by Crippen LogP contribution is -2.63. The van der Waals surface area contributed by atoms with Crippen LogP contribution in [0.2, 0.25) is 0 Å². The van der Waals surface area contributed by atoms with Gasteiger partial charge in [-0.3, -0.25) is 9.59 Å². The van der Waals surface area contributed by atoms with E-state index in [0.29, 0.717) is 0 Å². The molecule has 52 heavy (non-hydrogen) atoms. The van der Waals surface area contributed by atoms with Gasteiger partial charge in [-0.05, 0) is 54.4 Å². The fourth-order valence-electron chi connectivity index (χ4n) is 8.52. The normalized spacial score (nSPS) is 49.2. The van der Waals surface area contributed by atoms with Crippen molar-refractivity contribution in [1.82, 2.24) is 0 Å². The van der Waals surface area contributed by atoms with Crippen LogP contribution in [0.3, 0.4) is 0 Å². The van der Waals surface area contributed by atoms with Gasteiger partial charge in [0.05, 0.1) is 61.7 Å². The molecular formula is C37H67NO14. The molecule has 3 heterocycles. The van der Waals surface area contributed by atoms with E-state index in [-0.39, 0.29) is 25.7 Å². The predicted molar refractivity (Wildman–Crippen MR) is 188 cm³/mol. The monoisotopic (exact) mass is 749 g/mol. The molecule has 304 valence electrons. The van der Waals surface area contributed by atoms with Gasteiger partial charge in [-0.15, -0.1) is 0 Å². The highest BCUT2D eigenvalue weighted by Crippen LogP contribution is 2.41. The summed E-state index contributed by atoms with van der Waals surface area (Å²) in [6.07, 6.45) is -11.1. The lowest BCUT2D eigenvalue weighted by atomic mass is 9.74. The molecule has 3 rings (SSSR count). The van der Waals surface area contributed by atoms with Crippen LogP contribution in [-0.2, 0) is 38.0 Å². The molecule has 15 nitrogen and oxygen atoms in total. The number of aliphatic hydroxyl groups is 5. The number of hydroxylamine groups is 3. The van der Waals surface area contributed by atoms with Gasteiger partial charge in [0, 0.05) is 37.7 Å². The highest BCUT2D eigenvalue weighted by atomic mass is 16.7. The lowest BCUT2D eigenvalue weighted by Gasteiger charge is -2.51. The Morgan fingerprint density at radius 2 is 1.50 bits per heavy atom. The molecule has 0 spiro atoms. The first-order valence-corrected chi connectivity index (χ1v) is 18.7. The van der Waals surface area contributed by atoms with Crippen LogP contribution in [0.15, 0.2) is 0 Å². The van der Waals surface area contributed by atoms with Gasteiger partial charge < -0.3 is 63.8 Å². The van der Waals surface area contributed by atoms with Gasteiger partial charge in [-0.2, -0.15) is 0 Å². The van der Waals surface area contributed by atoms with E-state index in [9.17, 15) is 40.3 Å². The quantitative estimate of drug-likeness (QED) is 0.143. The third kappa shape index (κ3) is 9.54. The number of cyclic esters (lactones) is 1. The van der Waals surface area contributed by atoms with Crippen LogP contribution in [0.5, 0.6) is 0 Å². The molecular weight excluding hydrogens is 682 g/mol. The number of carbonyl (C=O) groups excluding carboxylic acids is 2. The van der Waals surface area contributed by atoms with Crippen molar-refractivity contribution in [3.63, 3.8) is 0 Å². The molecule has 18 atom stereocenters. The number of esters is 1. The first-order chi connectivity index (χ1) is 23.7. The highest BCUT2D eigenvalue weighted by molar-refractivity contribution is 5.83. The van der Waals surface area contributed by atoms with Gasteiger partial charge in [-0.1, -0.05) is 27.7 Å². The number of nitrogens with zero attached hydrogens (tertiary/aromatic N) is 1. The number of ketones is 1. The van der Waals surface area contributed by atoms with Gasteiger partial charge in [0.15, 0.2) is 18.7 Å². The van der Waals surface area contributed by atoms with Crippen molar-refractivity contribution in [3.8, 4) is 0 Å². The molecule has 0 amide bonds. The molecule has 3 fully saturated rings. The molecule has 15 heteroatoms. The Morgan fingerprint density at radius 1 is 0.904 bits per heavy atom. The number of quaternary nitrogens is 1. The van der Waals surface area contributed by atoms with Crippen LogP contribution in [0.4, 0.5) is 0 Å². The topological polar surface area (TPSA) is 214 Å². The largest absolute Gasteiger partial charge is 0.633 e. The Labute approximate surface area is 309 Å². The van der Waals surface area contributed by atoms with Crippen LogP contribution in [0.25, 0.3) is 0 Å². The van der Waals surface area contributed by atoms with Crippen molar-refractivity contribution in [2.75, 3.05) is 21.2 Å². The van der Waals surface area contributed by atoms with Crippen molar-refractivity contribution >= 4 is 11.8 Å². The Kier molecular flexibility index (Phi) is 14.6. The minimum absolute atomic E-state index is 0.0595. The summed E-state index contributed by atoms with van der Waals surface area (Å²) in [5, 5.41) is 70.7. The van der Waals surface area contributed by atoms with E-state index in [1.807, 2.05) is 0 Å². The number of likely N-dealkylation sites (N-methyl/N-ethyl adjacent to an activating group) is 1. The predicted octanol–water partition coefficient (Wildman–Crippen LogP) is 1.80.